The van der Waals surface area contributed by atoms with Crippen LogP contribution in [0, 0.1) is 6.92 Å². The molecular weight excluding hydrogens is 396 g/mol. The lowest BCUT2D eigenvalue weighted by molar-refractivity contribution is -0.118. The quantitative estimate of drug-likeness (QED) is 0.426. The minimum atomic E-state index is -0.0772. The highest BCUT2D eigenvalue weighted by Crippen LogP contribution is 2.18. The van der Waals surface area contributed by atoms with E-state index >= 15 is 0 Å². The molecule has 0 unspecified atom stereocenters. The first kappa shape index (κ1) is 20.2. The molecule has 6 nitrogen and oxygen atoms in total. The predicted molar refractivity (Wildman–Crippen MR) is 111 cm³/mol. The van der Waals surface area contributed by atoms with E-state index in [9.17, 15) is 4.79 Å². The minimum Gasteiger partial charge on any atom is -0.492 e. The Morgan fingerprint density at radius 3 is 2.79 bits per heavy atom. The number of hydrogen-bond donors (Lipinski definition) is 1. The number of hydrogen-bond acceptors (Lipinski definition) is 5. The number of nitrogens with one attached hydrogen (secondary N) is 1. The Labute approximate surface area is 173 Å². The summed E-state index contributed by atoms with van der Waals surface area (Å²) in [6.45, 7) is 3.38. The van der Waals surface area contributed by atoms with Crippen LogP contribution in [0.5, 0.6) is 5.75 Å². The van der Waals surface area contributed by atoms with Gasteiger partial charge in [-0.1, -0.05) is 59.8 Å². The highest BCUT2D eigenvalue weighted by atomic mass is 35.5. The van der Waals surface area contributed by atoms with Crippen molar-refractivity contribution in [2.24, 2.45) is 0 Å². The number of ether oxygens (including phenoxy) is 1. The Morgan fingerprint density at radius 2 is 2.00 bits per heavy atom. The van der Waals surface area contributed by atoms with Gasteiger partial charge in [-0.2, -0.15) is 0 Å². The van der Waals surface area contributed by atoms with Crippen LogP contribution in [0.1, 0.15) is 11.4 Å². The SMILES string of the molecule is Cc1nnc(SCC(=O)NCCOc2cccc(Cl)c2)n1Cc1ccccc1. The fourth-order valence-corrected chi connectivity index (χ4v) is 3.51. The Hall–Kier alpha value is -2.51. The number of rotatable bonds is 9. The summed E-state index contributed by atoms with van der Waals surface area (Å²) in [6, 6.07) is 17.3. The van der Waals surface area contributed by atoms with Gasteiger partial charge in [-0.15, -0.1) is 10.2 Å². The molecule has 1 N–H and O–H groups in total. The highest BCUT2D eigenvalue weighted by Gasteiger charge is 2.12. The van der Waals surface area contributed by atoms with Gasteiger partial charge in [0, 0.05) is 5.02 Å². The zero-order valence-electron chi connectivity index (χ0n) is 15.5. The van der Waals surface area contributed by atoms with Crippen molar-refractivity contribution >= 4 is 29.3 Å². The van der Waals surface area contributed by atoms with Crippen molar-refractivity contribution in [2.75, 3.05) is 18.9 Å². The molecular formula is C20H21ClN4O2S. The van der Waals surface area contributed by atoms with E-state index < -0.39 is 0 Å². The number of aromatic nitrogens is 3. The second-order valence-corrected chi connectivity index (χ2v) is 7.42. The van der Waals surface area contributed by atoms with E-state index in [2.05, 4.69) is 27.6 Å². The van der Waals surface area contributed by atoms with Crippen LogP contribution in [0.3, 0.4) is 0 Å². The average Bonchev–Trinajstić information content (AvgIpc) is 3.04. The van der Waals surface area contributed by atoms with E-state index in [1.165, 1.54) is 11.8 Å². The summed E-state index contributed by atoms with van der Waals surface area (Å²) in [4.78, 5) is 12.1. The van der Waals surface area contributed by atoms with Gasteiger partial charge in [0.1, 0.15) is 18.2 Å². The van der Waals surface area contributed by atoms with Gasteiger partial charge in [0.05, 0.1) is 18.8 Å². The maximum atomic E-state index is 12.1. The van der Waals surface area contributed by atoms with E-state index in [1.807, 2.05) is 41.8 Å². The van der Waals surface area contributed by atoms with E-state index in [0.717, 1.165) is 16.5 Å². The van der Waals surface area contributed by atoms with Crippen LogP contribution in [0.4, 0.5) is 0 Å². The highest BCUT2D eigenvalue weighted by molar-refractivity contribution is 7.99. The molecule has 0 fully saturated rings. The smallest absolute Gasteiger partial charge is 0.230 e. The molecule has 1 aromatic heterocycles. The minimum absolute atomic E-state index is 0.0772. The van der Waals surface area contributed by atoms with Crippen LogP contribution >= 0.6 is 23.4 Å². The van der Waals surface area contributed by atoms with Crippen LogP contribution in [-0.4, -0.2) is 39.6 Å². The van der Waals surface area contributed by atoms with Crippen molar-refractivity contribution < 1.29 is 9.53 Å². The first-order valence-electron chi connectivity index (χ1n) is 8.83. The van der Waals surface area contributed by atoms with Gasteiger partial charge in [0.15, 0.2) is 5.16 Å². The van der Waals surface area contributed by atoms with Gasteiger partial charge in [-0.05, 0) is 30.7 Å². The number of thioether (sulfide) groups is 1. The normalized spacial score (nSPS) is 10.6. The summed E-state index contributed by atoms with van der Waals surface area (Å²) in [5.74, 6) is 1.69. The molecule has 0 bridgehead atoms. The third kappa shape index (κ3) is 6.00. The standard InChI is InChI=1S/C20H21ClN4O2S/c1-15-23-24-20(25(15)13-16-6-3-2-4-7-16)28-14-19(26)22-10-11-27-18-9-5-8-17(21)12-18/h2-9,12H,10-11,13-14H2,1H3,(H,22,26). The van der Waals surface area contributed by atoms with Gasteiger partial charge in [0.2, 0.25) is 5.91 Å². The molecule has 3 rings (SSSR count). The topological polar surface area (TPSA) is 69.0 Å². The van der Waals surface area contributed by atoms with Crippen LogP contribution in [0.25, 0.3) is 0 Å². The molecule has 8 heteroatoms. The number of halogens is 1. The Kier molecular flexibility index (Phi) is 7.33. The van der Waals surface area contributed by atoms with Crippen molar-refractivity contribution in [3.63, 3.8) is 0 Å². The zero-order chi connectivity index (χ0) is 19.8. The number of carbonyl (C=O) groups excluding carboxylic acids is 1. The molecule has 1 amide bonds. The second kappa shape index (κ2) is 10.1. The number of nitrogens with zero attached hydrogens (tertiary/aromatic N) is 3. The van der Waals surface area contributed by atoms with Crippen LogP contribution in [-0.2, 0) is 11.3 Å². The van der Waals surface area contributed by atoms with Gasteiger partial charge >= 0.3 is 0 Å². The van der Waals surface area contributed by atoms with Gasteiger partial charge in [-0.3, -0.25) is 4.79 Å². The molecule has 0 aliphatic rings. The van der Waals surface area contributed by atoms with Crippen molar-refractivity contribution in [2.45, 2.75) is 18.6 Å². The molecule has 0 aliphatic heterocycles. The van der Waals surface area contributed by atoms with Crippen molar-refractivity contribution in [1.82, 2.24) is 20.1 Å². The summed E-state index contributed by atoms with van der Waals surface area (Å²) in [6.07, 6.45) is 0. The summed E-state index contributed by atoms with van der Waals surface area (Å²) >= 11 is 7.28. The number of amides is 1. The molecule has 0 spiro atoms. The van der Waals surface area contributed by atoms with Crippen LogP contribution in [0.15, 0.2) is 59.8 Å². The molecule has 0 aliphatic carbocycles. The molecule has 0 saturated heterocycles. The number of benzene rings is 2. The monoisotopic (exact) mass is 416 g/mol. The third-order valence-electron chi connectivity index (χ3n) is 3.91. The van der Waals surface area contributed by atoms with Gasteiger partial charge in [0.25, 0.3) is 0 Å². The molecule has 2 aromatic carbocycles. The van der Waals surface area contributed by atoms with Crippen LogP contribution < -0.4 is 10.1 Å². The number of aryl methyl sites for hydroxylation is 1. The Bertz CT molecular complexity index is 918. The first-order chi connectivity index (χ1) is 13.6. The fourth-order valence-electron chi connectivity index (χ4n) is 2.51. The Morgan fingerprint density at radius 1 is 1.18 bits per heavy atom. The lowest BCUT2D eigenvalue weighted by Crippen LogP contribution is -2.29. The van der Waals surface area contributed by atoms with E-state index in [-0.39, 0.29) is 11.7 Å². The second-order valence-electron chi connectivity index (χ2n) is 6.05. The fraction of sp³-hybridized carbons (Fsp3) is 0.250. The van der Waals surface area contributed by atoms with Crippen LogP contribution in [0.2, 0.25) is 5.02 Å². The lowest BCUT2D eigenvalue weighted by atomic mass is 10.2. The molecule has 0 saturated carbocycles. The lowest BCUT2D eigenvalue weighted by Gasteiger charge is -2.09. The maximum Gasteiger partial charge on any atom is 0.230 e. The summed E-state index contributed by atoms with van der Waals surface area (Å²) in [5, 5.41) is 12.5. The predicted octanol–water partition coefficient (Wildman–Crippen LogP) is 3.58. The van der Waals surface area contributed by atoms with Crippen molar-refractivity contribution in [1.29, 1.82) is 0 Å². The molecule has 146 valence electrons. The molecule has 0 radical (unpaired) electrons. The number of carbonyl (C=O) groups is 1. The van der Waals surface area contributed by atoms with E-state index in [1.54, 1.807) is 12.1 Å². The summed E-state index contributed by atoms with van der Waals surface area (Å²) in [7, 11) is 0. The average molecular weight is 417 g/mol. The maximum absolute atomic E-state index is 12.1. The van der Waals surface area contributed by atoms with Gasteiger partial charge in [-0.25, -0.2) is 0 Å². The van der Waals surface area contributed by atoms with Crippen molar-refractivity contribution in [3.8, 4) is 5.75 Å². The summed E-state index contributed by atoms with van der Waals surface area (Å²) < 4.78 is 7.57. The third-order valence-corrected chi connectivity index (χ3v) is 5.11. The molecule has 28 heavy (non-hydrogen) atoms. The largest absolute Gasteiger partial charge is 0.492 e. The van der Waals surface area contributed by atoms with E-state index in [0.29, 0.717) is 30.5 Å². The molecule has 0 atom stereocenters. The van der Waals surface area contributed by atoms with Crippen molar-refractivity contribution in [3.05, 3.63) is 71.0 Å². The Balaban J connectivity index is 1.43. The molecule has 1 heterocycles. The van der Waals surface area contributed by atoms with Gasteiger partial charge < -0.3 is 14.6 Å². The van der Waals surface area contributed by atoms with E-state index in [4.69, 9.17) is 16.3 Å². The first-order valence-corrected chi connectivity index (χ1v) is 10.2. The molecule has 3 aromatic rings. The summed E-state index contributed by atoms with van der Waals surface area (Å²) in [5.41, 5.74) is 1.16. The zero-order valence-corrected chi connectivity index (χ0v) is 17.0.